The lowest BCUT2D eigenvalue weighted by Gasteiger charge is -2.54. The fourth-order valence-electron chi connectivity index (χ4n) is 7.11. The van der Waals surface area contributed by atoms with Crippen LogP contribution < -0.4 is 0 Å². The molecule has 5 nitrogen and oxygen atoms in total. The van der Waals surface area contributed by atoms with E-state index in [1.807, 2.05) is 4.68 Å². The SMILES string of the molecule is C=C(C)Cc1c(C)nn(CCC(=O)N2CCCC3=CC4CC(CN5CCCC[C@H]45)[C@@H]32)c1C. The number of carbonyl (C=O) groups is 1. The molecule has 5 rings (SSSR count). The fraction of sp³-hybridized carbons (Fsp3) is 0.704. The summed E-state index contributed by atoms with van der Waals surface area (Å²) in [5.74, 6) is 1.65. The molecule has 0 radical (unpaired) electrons. The van der Waals surface area contributed by atoms with E-state index in [1.54, 1.807) is 5.57 Å². The first kappa shape index (κ1) is 21.9. The van der Waals surface area contributed by atoms with E-state index in [9.17, 15) is 4.79 Å². The molecule has 3 aliphatic heterocycles. The average Bonchev–Trinajstić information content (AvgIpc) is 3.04. The number of carbonyl (C=O) groups excluding carboxylic acids is 1. The Bertz CT molecular complexity index is 928. The monoisotopic (exact) mass is 436 g/mol. The predicted molar refractivity (Wildman–Crippen MR) is 128 cm³/mol. The Labute approximate surface area is 193 Å². The van der Waals surface area contributed by atoms with E-state index >= 15 is 0 Å². The standard InChI is InChI=1S/C27H40N4O/c1-18(2)14-24-19(3)28-31(20(24)4)13-10-26(32)30-12-7-8-21-15-22-16-23(27(21)30)17-29-11-6-5-9-25(22)29/h15,22-23,25,27H,1,5-14,16-17H2,2-4H3/t22?,23?,25-,27-/m1/s1. The van der Waals surface area contributed by atoms with Crippen LogP contribution in [-0.4, -0.2) is 57.2 Å². The molecule has 0 aromatic carbocycles. The minimum Gasteiger partial charge on any atom is -0.336 e. The molecule has 2 bridgehead atoms. The molecule has 0 spiro atoms. The fourth-order valence-corrected chi connectivity index (χ4v) is 7.11. The molecule has 0 saturated carbocycles. The van der Waals surface area contributed by atoms with Gasteiger partial charge in [-0.05, 0) is 83.2 Å². The van der Waals surface area contributed by atoms with Crippen LogP contribution in [0.15, 0.2) is 23.8 Å². The third kappa shape index (κ3) is 3.98. The molecule has 2 unspecified atom stereocenters. The van der Waals surface area contributed by atoms with Crippen molar-refractivity contribution in [3.05, 3.63) is 40.8 Å². The number of likely N-dealkylation sites (tertiary alicyclic amines) is 1. The molecule has 3 saturated heterocycles. The number of nitrogens with zero attached hydrogens (tertiary/aromatic N) is 4. The lowest BCUT2D eigenvalue weighted by Crippen LogP contribution is -2.60. The number of aryl methyl sites for hydroxylation is 2. The van der Waals surface area contributed by atoms with Gasteiger partial charge in [-0.2, -0.15) is 5.10 Å². The Balaban J connectivity index is 1.30. The molecule has 3 fully saturated rings. The average molecular weight is 437 g/mol. The number of amides is 1. The second-order valence-corrected chi connectivity index (χ2v) is 10.9. The molecule has 1 aliphatic carbocycles. The van der Waals surface area contributed by atoms with Crippen LogP contribution in [-0.2, 0) is 17.8 Å². The van der Waals surface area contributed by atoms with Gasteiger partial charge in [-0.25, -0.2) is 0 Å². The molecule has 4 aliphatic rings. The van der Waals surface area contributed by atoms with Gasteiger partial charge in [0, 0.05) is 37.8 Å². The van der Waals surface area contributed by atoms with Crippen molar-refractivity contribution in [3.8, 4) is 0 Å². The second kappa shape index (κ2) is 8.81. The normalized spacial score (nSPS) is 29.8. The Hall–Kier alpha value is -1.88. The van der Waals surface area contributed by atoms with Crippen LogP contribution in [0.5, 0.6) is 0 Å². The topological polar surface area (TPSA) is 41.4 Å². The molecular formula is C27H40N4O. The van der Waals surface area contributed by atoms with E-state index in [4.69, 9.17) is 5.10 Å². The maximum absolute atomic E-state index is 13.5. The van der Waals surface area contributed by atoms with Crippen LogP contribution in [0, 0.1) is 25.7 Å². The van der Waals surface area contributed by atoms with Crippen LogP contribution in [0.1, 0.15) is 68.8 Å². The third-order valence-corrected chi connectivity index (χ3v) is 8.52. The number of fused-ring (bicyclic) bond motifs is 6. The van der Waals surface area contributed by atoms with Gasteiger partial charge in [0.15, 0.2) is 0 Å². The molecule has 5 heteroatoms. The Kier molecular flexibility index (Phi) is 6.04. The summed E-state index contributed by atoms with van der Waals surface area (Å²) < 4.78 is 2.04. The van der Waals surface area contributed by atoms with Gasteiger partial charge in [-0.1, -0.05) is 30.2 Å². The number of piperidine rings is 3. The third-order valence-electron chi connectivity index (χ3n) is 8.52. The van der Waals surface area contributed by atoms with Gasteiger partial charge in [-0.15, -0.1) is 0 Å². The maximum atomic E-state index is 13.5. The number of aromatic nitrogens is 2. The van der Waals surface area contributed by atoms with Gasteiger partial charge in [0.05, 0.1) is 11.7 Å². The summed E-state index contributed by atoms with van der Waals surface area (Å²) in [5, 5.41) is 4.74. The summed E-state index contributed by atoms with van der Waals surface area (Å²) in [7, 11) is 0. The number of hydrogen-bond acceptors (Lipinski definition) is 3. The van der Waals surface area contributed by atoms with Crippen molar-refractivity contribution in [3.63, 3.8) is 0 Å². The molecule has 174 valence electrons. The van der Waals surface area contributed by atoms with Crippen molar-refractivity contribution in [1.82, 2.24) is 19.6 Å². The largest absolute Gasteiger partial charge is 0.336 e. The van der Waals surface area contributed by atoms with Gasteiger partial charge >= 0.3 is 0 Å². The minimum atomic E-state index is 0.314. The highest BCUT2D eigenvalue weighted by molar-refractivity contribution is 5.77. The van der Waals surface area contributed by atoms with Crippen molar-refractivity contribution in [2.45, 2.75) is 90.8 Å². The first-order valence-electron chi connectivity index (χ1n) is 12.8. The van der Waals surface area contributed by atoms with Gasteiger partial charge in [-0.3, -0.25) is 14.4 Å². The van der Waals surface area contributed by atoms with Crippen molar-refractivity contribution in [2.24, 2.45) is 11.8 Å². The van der Waals surface area contributed by atoms with Crippen molar-refractivity contribution in [2.75, 3.05) is 19.6 Å². The number of allylic oxidation sites excluding steroid dienone is 1. The van der Waals surface area contributed by atoms with E-state index in [0.717, 1.165) is 42.6 Å². The van der Waals surface area contributed by atoms with Crippen LogP contribution in [0.2, 0.25) is 0 Å². The summed E-state index contributed by atoms with van der Waals surface area (Å²) in [6.45, 7) is 14.4. The van der Waals surface area contributed by atoms with E-state index < -0.39 is 0 Å². The van der Waals surface area contributed by atoms with Gasteiger partial charge in [0.1, 0.15) is 0 Å². The molecule has 32 heavy (non-hydrogen) atoms. The van der Waals surface area contributed by atoms with E-state index in [-0.39, 0.29) is 0 Å². The Morgan fingerprint density at radius 3 is 2.88 bits per heavy atom. The predicted octanol–water partition coefficient (Wildman–Crippen LogP) is 4.43. The van der Waals surface area contributed by atoms with Gasteiger partial charge in [0.2, 0.25) is 5.91 Å². The van der Waals surface area contributed by atoms with E-state index in [2.05, 4.69) is 43.2 Å². The van der Waals surface area contributed by atoms with E-state index in [0.29, 0.717) is 30.8 Å². The van der Waals surface area contributed by atoms with Crippen LogP contribution >= 0.6 is 0 Å². The van der Waals surface area contributed by atoms with Crippen molar-refractivity contribution < 1.29 is 4.79 Å². The molecule has 1 aromatic heterocycles. The highest BCUT2D eigenvalue weighted by atomic mass is 16.2. The lowest BCUT2D eigenvalue weighted by molar-refractivity contribution is -0.136. The number of rotatable bonds is 5. The lowest BCUT2D eigenvalue weighted by atomic mass is 9.68. The van der Waals surface area contributed by atoms with Gasteiger partial charge < -0.3 is 4.90 Å². The summed E-state index contributed by atoms with van der Waals surface area (Å²) >= 11 is 0. The van der Waals surface area contributed by atoms with Gasteiger partial charge in [0.25, 0.3) is 0 Å². The Morgan fingerprint density at radius 2 is 2.06 bits per heavy atom. The van der Waals surface area contributed by atoms with Crippen molar-refractivity contribution in [1.29, 1.82) is 0 Å². The Morgan fingerprint density at radius 1 is 1.22 bits per heavy atom. The first-order chi connectivity index (χ1) is 15.4. The zero-order chi connectivity index (χ0) is 22.4. The van der Waals surface area contributed by atoms with Crippen LogP contribution in [0.25, 0.3) is 0 Å². The summed E-state index contributed by atoms with van der Waals surface area (Å²) in [6.07, 6.45) is 11.7. The highest BCUT2D eigenvalue weighted by Gasteiger charge is 2.46. The molecule has 1 amide bonds. The molecule has 0 N–H and O–H groups in total. The quantitative estimate of drug-likeness (QED) is 0.641. The van der Waals surface area contributed by atoms with E-state index in [1.165, 1.54) is 56.5 Å². The minimum absolute atomic E-state index is 0.314. The maximum Gasteiger partial charge on any atom is 0.224 e. The zero-order valence-electron chi connectivity index (χ0n) is 20.3. The summed E-state index contributed by atoms with van der Waals surface area (Å²) in [6, 6.07) is 1.11. The molecule has 4 heterocycles. The summed E-state index contributed by atoms with van der Waals surface area (Å²) in [4.78, 5) is 18.5. The molecule has 1 aromatic rings. The molecular weight excluding hydrogens is 396 g/mol. The first-order valence-corrected chi connectivity index (χ1v) is 12.8. The highest BCUT2D eigenvalue weighted by Crippen LogP contribution is 2.45. The smallest absolute Gasteiger partial charge is 0.224 e. The number of hydrogen-bond donors (Lipinski definition) is 0. The second-order valence-electron chi connectivity index (χ2n) is 10.9. The molecule has 4 atom stereocenters. The van der Waals surface area contributed by atoms with Crippen LogP contribution in [0.3, 0.4) is 0 Å². The van der Waals surface area contributed by atoms with Crippen molar-refractivity contribution >= 4 is 5.91 Å². The van der Waals surface area contributed by atoms with Crippen LogP contribution in [0.4, 0.5) is 0 Å². The summed E-state index contributed by atoms with van der Waals surface area (Å²) in [5.41, 5.74) is 6.24. The zero-order valence-corrected chi connectivity index (χ0v) is 20.3.